The molecule has 1 rings (SSSR count). The number of allylic oxidation sites excluding steroid dienone is 1. The van der Waals surface area contributed by atoms with Crippen molar-refractivity contribution in [3.8, 4) is 18.4 Å². The first kappa shape index (κ1) is 8.11. The number of rotatable bonds is 1. The first-order valence-corrected chi connectivity index (χ1v) is 3.50. The van der Waals surface area contributed by atoms with Crippen LogP contribution in [0.15, 0.2) is 30.3 Å². The minimum atomic E-state index is 0.809. The van der Waals surface area contributed by atoms with Crippen LogP contribution in [-0.2, 0) is 0 Å². The normalized spacial score (nSPS) is 9.17. The molecule has 0 aromatic heterocycles. The molecule has 1 nitrogen and oxygen atoms in total. The third kappa shape index (κ3) is 1.75. The largest absolute Gasteiger partial charge is 0.193 e. The van der Waals surface area contributed by atoms with E-state index in [1.54, 1.807) is 6.08 Å². The van der Waals surface area contributed by atoms with Crippen LogP contribution in [0.5, 0.6) is 0 Å². The summed E-state index contributed by atoms with van der Waals surface area (Å²) in [6, 6.07) is 9.40. The van der Waals surface area contributed by atoms with Gasteiger partial charge in [-0.25, -0.2) is 0 Å². The number of terminal acetylenes is 1. The van der Waals surface area contributed by atoms with Gasteiger partial charge in [-0.15, -0.1) is 6.42 Å². The van der Waals surface area contributed by atoms with Gasteiger partial charge in [0, 0.05) is 11.6 Å². The predicted molar refractivity (Wildman–Crippen MR) is 49.0 cm³/mol. The zero-order valence-electron chi connectivity index (χ0n) is 6.49. The topological polar surface area (TPSA) is 23.8 Å². The maximum atomic E-state index is 8.30. The molecule has 0 aliphatic rings. The Morgan fingerprint density at radius 2 is 2.08 bits per heavy atom. The summed E-state index contributed by atoms with van der Waals surface area (Å²) in [6.07, 6.45) is 8.37. The van der Waals surface area contributed by atoms with Gasteiger partial charge in [0.1, 0.15) is 0 Å². The lowest BCUT2D eigenvalue weighted by Gasteiger charge is -1.95. The number of hydrogen-bond acceptors (Lipinski definition) is 1. The molecule has 1 aromatic carbocycles. The molecule has 56 valence electrons. The number of nitriles is 1. The van der Waals surface area contributed by atoms with Gasteiger partial charge < -0.3 is 0 Å². The lowest BCUT2D eigenvalue weighted by Crippen LogP contribution is -1.78. The summed E-state index contributed by atoms with van der Waals surface area (Å²) < 4.78 is 0. The third-order valence-corrected chi connectivity index (χ3v) is 1.45. The fourth-order valence-electron chi connectivity index (χ4n) is 0.901. The number of nitrogens with zero attached hydrogens (tertiary/aromatic N) is 1. The van der Waals surface area contributed by atoms with E-state index in [1.807, 2.05) is 30.3 Å². The van der Waals surface area contributed by atoms with Gasteiger partial charge in [0.05, 0.1) is 6.07 Å². The number of hydrogen-bond donors (Lipinski definition) is 0. The van der Waals surface area contributed by atoms with Crippen molar-refractivity contribution in [3.63, 3.8) is 0 Å². The van der Waals surface area contributed by atoms with E-state index in [1.165, 1.54) is 6.08 Å². The van der Waals surface area contributed by atoms with Crippen LogP contribution in [0.3, 0.4) is 0 Å². The minimum Gasteiger partial charge on any atom is -0.193 e. The van der Waals surface area contributed by atoms with Crippen molar-refractivity contribution >= 4 is 6.08 Å². The Hall–Kier alpha value is -1.99. The molecular weight excluding hydrogens is 146 g/mol. The van der Waals surface area contributed by atoms with Crippen molar-refractivity contribution in [3.05, 3.63) is 41.5 Å². The van der Waals surface area contributed by atoms with Gasteiger partial charge in [0.2, 0.25) is 0 Å². The monoisotopic (exact) mass is 153 g/mol. The summed E-state index contributed by atoms with van der Waals surface area (Å²) in [5, 5.41) is 8.30. The molecule has 0 bridgehead atoms. The Morgan fingerprint density at radius 3 is 2.75 bits per heavy atom. The molecule has 0 radical (unpaired) electrons. The molecule has 0 fully saturated rings. The summed E-state index contributed by atoms with van der Waals surface area (Å²) >= 11 is 0. The van der Waals surface area contributed by atoms with Crippen molar-refractivity contribution in [2.24, 2.45) is 0 Å². The Labute approximate surface area is 72.0 Å². The van der Waals surface area contributed by atoms with E-state index in [2.05, 4.69) is 5.92 Å². The van der Waals surface area contributed by atoms with E-state index >= 15 is 0 Å². The Kier molecular flexibility index (Phi) is 2.71. The lowest BCUT2D eigenvalue weighted by atomic mass is 10.1. The molecule has 1 aromatic rings. The van der Waals surface area contributed by atoms with Crippen molar-refractivity contribution < 1.29 is 0 Å². The molecule has 0 atom stereocenters. The van der Waals surface area contributed by atoms with Crippen LogP contribution >= 0.6 is 0 Å². The molecule has 0 saturated carbocycles. The molecule has 12 heavy (non-hydrogen) atoms. The summed E-state index contributed by atoms with van der Waals surface area (Å²) in [7, 11) is 0. The molecule has 0 heterocycles. The second kappa shape index (κ2) is 4.01. The van der Waals surface area contributed by atoms with Crippen LogP contribution in [0.25, 0.3) is 6.08 Å². The molecule has 0 spiro atoms. The van der Waals surface area contributed by atoms with Crippen molar-refractivity contribution in [2.45, 2.75) is 0 Å². The zero-order chi connectivity index (χ0) is 8.81. The average molecular weight is 153 g/mol. The highest BCUT2D eigenvalue weighted by Crippen LogP contribution is 2.08. The summed E-state index contributed by atoms with van der Waals surface area (Å²) in [5.74, 6) is 2.54. The zero-order valence-corrected chi connectivity index (χ0v) is 6.49. The van der Waals surface area contributed by atoms with E-state index in [4.69, 9.17) is 11.7 Å². The first-order valence-electron chi connectivity index (χ1n) is 3.50. The second-order valence-electron chi connectivity index (χ2n) is 2.19. The van der Waals surface area contributed by atoms with Crippen LogP contribution in [0, 0.1) is 23.7 Å². The van der Waals surface area contributed by atoms with Crippen LogP contribution in [-0.4, -0.2) is 0 Å². The first-order chi connectivity index (χ1) is 5.88. The van der Waals surface area contributed by atoms with E-state index in [0.29, 0.717) is 0 Å². The smallest absolute Gasteiger partial charge is 0.0912 e. The second-order valence-corrected chi connectivity index (χ2v) is 2.19. The van der Waals surface area contributed by atoms with Gasteiger partial charge in [0.25, 0.3) is 0 Å². The van der Waals surface area contributed by atoms with Gasteiger partial charge in [-0.1, -0.05) is 24.1 Å². The average Bonchev–Trinajstić information content (AvgIpc) is 2.15. The van der Waals surface area contributed by atoms with Gasteiger partial charge in [-0.3, -0.25) is 0 Å². The predicted octanol–water partition coefficient (Wildman–Crippen LogP) is 2.20. The van der Waals surface area contributed by atoms with E-state index in [-0.39, 0.29) is 0 Å². The molecule has 0 aliphatic carbocycles. The molecule has 0 unspecified atom stereocenters. The SMILES string of the molecule is C#Cc1ccccc1/C=C/C#N. The van der Waals surface area contributed by atoms with Gasteiger partial charge >= 0.3 is 0 Å². The van der Waals surface area contributed by atoms with Crippen LogP contribution in [0.2, 0.25) is 0 Å². The van der Waals surface area contributed by atoms with Crippen molar-refractivity contribution in [2.75, 3.05) is 0 Å². The third-order valence-electron chi connectivity index (χ3n) is 1.45. The Balaban J connectivity index is 3.09. The van der Waals surface area contributed by atoms with Crippen molar-refractivity contribution in [1.82, 2.24) is 0 Å². The minimum absolute atomic E-state index is 0.809. The summed E-state index contributed by atoms with van der Waals surface area (Å²) in [5.41, 5.74) is 1.71. The molecule has 1 heteroatoms. The Morgan fingerprint density at radius 1 is 1.33 bits per heavy atom. The van der Waals surface area contributed by atoms with Crippen LogP contribution < -0.4 is 0 Å². The van der Waals surface area contributed by atoms with Gasteiger partial charge in [-0.05, 0) is 17.7 Å². The molecule has 0 aliphatic heterocycles. The van der Waals surface area contributed by atoms with Crippen LogP contribution in [0.1, 0.15) is 11.1 Å². The van der Waals surface area contributed by atoms with E-state index < -0.39 is 0 Å². The highest BCUT2D eigenvalue weighted by molar-refractivity contribution is 5.59. The highest BCUT2D eigenvalue weighted by atomic mass is 14.2. The fraction of sp³-hybridized carbons (Fsp3) is 0. The molecule has 0 amide bonds. The summed E-state index contributed by atoms with van der Waals surface area (Å²) in [6.45, 7) is 0. The molecular formula is C11H7N. The van der Waals surface area contributed by atoms with Crippen molar-refractivity contribution in [1.29, 1.82) is 5.26 Å². The fourth-order valence-corrected chi connectivity index (χ4v) is 0.901. The maximum absolute atomic E-state index is 8.30. The Bertz CT molecular complexity index is 375. The number of benzene rings is 1. The van der Waals surface area contributed by atoms with Gasteiger partial charge in [0.15, 0.2) is 0 Å². The van der Waals surface area contributed by atoms with Crippen LogP contribution in [0.4, 0.5) is 0 Å². The standard InChI is InChI=1S/C11H7N/c1-2-10-6-3-4-7-11(10)8-5-9-12/h1,3-8H/b8-5+. The molecule has 0 saturated heterocycles. The highest BCUT2D eigenvalue weighted by Gasteiger charge is 1.91. The van der Waals surface area contributed by atoms with Gasteiger partial charge in [-0.2, -0.15) is 5.26 Å². The quantitative estimate of drug-likeness (QED) is 0.448. The van der Waals surface area contributed by atoms with E-state index in [9.17, 15) is 0 Å². The maximum Gasteiger partial charge on any atom is 0.0912 e. The molecule has 0 N–H and O–H groups in total. The summed E-state index contributed by atoms with van der Waals surface area (Å²) in [4.78, 5) is 0. The lowest BCUT2D eigenvalue weighted by molar-refractivity contribution is 1.53. The van der Waals surface area contributed by atoms with E-state index in [0.717, 1.165) is 11.1 Å².